The maximum atomic E-state index is 12.4. The van der Waals surface area contributed by atoms with Crippen molar-refractivity contribution < 1.29 is 14.4 Å². The van der Waals surface area contributed by atoms with E-state index in [0.29, 0.717) is 4.91 Å². The van der Waals surface area contributed by atoms with Gasteiger partial charge in [-0.2, -0.15) is 0 Å². The highest BCUT2D eigenvalue weighted by molar-refractivity contribution is 14.1. The molecule has 1 fully saturated rings. The van der Waals surface area contributed by atoms with Crippen molar-refractivity contribution in [3.8, 4) is 5.69 Å². The number of imide groups is 1. The molecular weight excluding hydrogens is 465 g/mol. The third-order valence-corrected chi connectivity index (χ3v) is 5.66. The second-order valence-electron chi connectivity index (χ2n) is 5.87. The summed E-state index contributed by atoms with van der Waals surface area (Å²) < 4.78 is 3.24. The van der Waals surface area contributed by atoms with E-state index in [0.717, 1.165) is 42.9 Å². The smallest absolute Gasteiger partial charge is 0.294 e. The molecule has 1 aromatic carbocycles. The van der Waals surface area contributed by atoms with E-state index in [1.165, 1.54) is 0 Å². The zero-order chi connectivity index (χ0) is 19.0. The summed E-state index contributed by atoms with van der Waals surface area (Å²) in [5.74, 6) is -1.21. The summed E-state index contributed by atoms with van der Waals surface area (Å²) in [4.78, 5) is 36.5. The Bertz CT molecular complexity index is 947. The Kier molecular flexibility index (Phi) is 5.24. The second-order valence-corrected chi connectivity index (χ2v) is 8.11. The molecule has 3 rings (SSSR count). The summed E-state index contributed by atoms with van der Waals surface area (Å²) in [5.41, 5.74) is 8.96. The van der Waals surface area contributed by atoms with Crippen LogP contribution in [0, 0.1) is 17.4 Å². The number of amides is 3. The molecule has 0 bridgehead atoms. The fourth-order valence-electron chi connectivity index (χ4n) is 2.85. The van der Waals surface area contributed by atoms with Gasteiger partial charge in [0.2, 0.25) is 5.91 Å². The van der Waals surface area contributed by atoms with E-state index < -0.39 is 23.6 Å². The highest BCUT2D eigenvalue weighted by Gasteiger charge is 2.36. The number of hydrogen-bond acceptors (Lipinski definition) is 4. The maximum absolute atomic E-state index is 12.4. The SMILES string of the molecule is Cc1cc(/C=C2\SC(=O)N(CC(N)=O)C2=O)c(C)n1-c1ccc(I)cc1. The predicted molar refractivity (Wildman–Crippen MR) is 110 cm³/mol. The molecule has 0 saturated carbocycles. The average molecular weight is 481 g/mol. The lowest BCUT2D eigenvalue weighted by molar-refractivity contribution is -0.127. The minimum absolute atomic E-state index is 0.291. The number of thioether (sulfide) groups is 1. The molecule has 1 aromatic heterocycles. The fourth-order valence-corrected chi connectivity index (χ4v) is 4.04. The summed E-state index contributed by atoms with van der Waals surface area (Å²) in [6.45, 7) is 3.55. The van der Waals surface area contributed by atoms with E-state index in [1.807, 2.05) is 44.2 Å². The van der Waals surface area contributed by atoms with Crippen molar-refractivity contribution in [1.82, 2.24) is 9.47 Å². The van der Waals surface area contributed by atoms with Crippen molar-refractivity contribution in [3.05, 3.63) is 55.8 Å². The van der Waals surface area contributed by atoms with Crippen molar-refractivity contribution in [3.63, 3.8) is 0 Å². The number of aromatic nitrogens is 1. The lowest BCUT2D eigenvalue weighted by Gasteiger charge is -2.10. The largest absolute Gasteiger partial charge is 0.368 e. The molecule has 1 aliphatic rings. The lowest BCUT2D eigenvalue weighted by atomic mass is 10.2. The van der Waals surface area contributed by atoms with Crippen LogP contribution in [0.4, 0.5) is 4.79 Å². The van der Waals surface area contributed by atoms with Crippen LogP contribution in [0.1, 0.15) is 17.0 Å². The van der Waals surface area contributed by atoms with Gasteiger partial charge in [-0.25, -0.2) is 0 Å². The maximum Gasteiger partial charge on any atom is 0.294 e. The Balaban J connectivity index is 1.96. The van der Waals surface area contributed by atoms with Gasteiger partial charge in [0.15, 0.2) is 0 Å². The molecule has 3 amide bonds. The zero-order valence-corrected chi connectivity index (χ0v) is 17.1. The van der Waals surface area contributed by atoms with Crippen LogP contribution < -0.4 is 5.73 Å². The standard InChI is InChI=1S/C18H16IN3O3S/c1-10-7-12(11(2)22(10)14-5-3-13(19)4-6-14)8-15-17(24)21(9-16(20)23)18(25)26-15/h3-8H,9H2,1-2H3,(H2,20,23)/b15-8-. The first-order valence-corrected chi connectivity index (χ1v) is 9.66. The van der Waals surface area contributed by atoms with Gasteiger partial charge in [0.25, 0.3) is 11.1 Å². The van der Waals surface area contributed by atoms with Crippen molar-refractivity contribution in [2.45, 2.75) is 13.8 Å². The highest BCUT2D eigenvalue weighted by Crippen LogP contribution is 2.33. The highest BCUT2D eigenvalue weighted by atomic mass is 127. The first kappa shape index (κ1) is 18.7. The number of primary amides is 1. The van der Waals surface area contributed by atoms with Crippen molar-refractivity contribution >= 4 is 57.5 Å². The molecule has 134 valence electrons. The third-order valence-electron chi connectivity index (χ3n) is 4.03. The molecule has 8 heteroatoms. The molecule has 0 aliphatic carbocycles. The van der Waals surface area contributed by atoms with Crippen LogP contribution in [0.2, 0.25) is 0 Å². The van der Waals surface area contributed by atoms with Crippen LogP contribution in [0.5, 0.6) is 0 Å². The Morgan fingerprint density at radius 3 is 2.50 bits per heavy atom. The quantitative estimate of drug-likeness (QED) is 0.537. The van der Waals surface area contributed by atoms with Crippen LogP contribution in [0.25, 0.3) is 11.8 Å². The number of carbonyl (C=O) groups is 3. The van der Waals surface area contributed by atoms with Crippen LogP contribution >= 0.6 is 34.4 Å². The zero-order valence-electron chi connectivity index (χ0n) is 14.2. The van der Waals surface area contributed by atoms with Gasteiger partial charge in [0.05, 0.1) is 4.91 Å². The number of halogens is 1. The molecule has 0 atom stereocenters. The predicted octanol–water partition coefficient (Wildman–Crippen LogP) is 3.22. The molecule has 0 radical (unpaired) electrons. The summed E-state index contributed by atoms with van der Waals surface area (Å²) in [5, 5.41) is -0.480. The first-order chi connectivity index (χ1) is 12.3. The molecular formula is C18H16IN3O3S. The average Bonchev–Trinajstić information content (AvgIpc) is 2.99. The number of nitrogens with two attached hydrogens (primary N) is 1. The van der Waals surface area contributed by atoms with Crippen LogP contribution in [0.3, 0.4) is 0 Å². The van der Waals surface area contributed by atoms with Gasteiger partial charge in [0, 0.05) is 20.6 Å². The minimum atomic E-state index is -0.717. The van der Waals surface area contributed by atoms with Crippen LogP contribution in [-0.4, -0.2) is 33.1 Å². The minimum Gasteiger partial charge on any atom is -0.368 e. The van der Waals surface area contributed by atoms with E-state index in [-0.39, 0.29) is 0 Å². The molecule has 26 heavy (non-hydrogen) atoms. The van der Waals surface area contributed by atoms with Gasteiger partial charge in [-0.05, 0) is 90.2 Å². The third kappa shape index (κ3) is 3.56. The molecule has 0 spiro atoms. The van der Waals surface area contributed by atoms with E-state index in [2.05, 4.69) is 27.2 Å². The first-order valence-electron chi connectivity index (χ1n) is 7.76. The summed E-state index contributed by atoms with van der Waals surface area (Å²) in [6.07, 6.45) is 1.69. The van der Waals surface area contributed by atoms with Crippen LogP contribution in [-0.2, 0) is 9.59 Å². The Morgan fingerprint density at radius 2 is 1.88 bits per heavy atom. The number of rotatable bonds is 4. The Morgan fingerprint density at radius 1 is 1.23 bits per heavy atom. The van der Waals surface area contributed by atoms with Crippen LogP contribution in [0.15, 0.2) is 35.2 Å². The molecule has 2 aromatic rings. The number of benzene rings is 1. The number of carbonyl (C=O) groups excluding carboxylic acids is 3. The fraction of sp³-hybridized carbons (Fsp3) is 0.167. The Hall–Kier alpha value is -2.07. The lowest BCUT2D eigenvalue weighted by Crippen LogP contribution is -2.36. The van der Waals surface area contributed by atoms with Gasteiger partial charge in [0.1, 0.15) is 6.54 Å². The van der Waals surface area contributed by atoms with Crippen molar-refractivity contribution in [2.75, 3.05) is 6.54 Å². The van der Waals surface area contributed by atoms with Gasteiger partial charge in [-0.15, -0.1) is 0 Å². The monoisotopic (exact) mass is 481 g/mol. The topological polar surface area (TPSA) is 85.4 Å². The summed E-state index contributed by atoms with van der Waals surface area (Å²) in [6, 6.07) is 10.1. The van der Waals surface area contributed by atoms with E-state index in [9.17, 15) is 14.4 Å². The number of hydrogen-bond donors (Lipinski definition) is 1. The second kappa shape index (κ2) is 7.28. The van der Waals surface area contributed by atoms with Crippen molar-refractivity contribution in [1.29, 1.82) is 0 Å². The van der Waals surface area contributed by atoms with Gasteiger partial charge >= 0.3 is 0 Å². The number of aryl methyl sites for hydroxylation is 1. The number of nitrogens with zero attached hydrogens (tertiary/aromatic N) is 2. The molecule has 6 nitrogen and oxygen atoms in total. The van der Waals surface area contributed by atoms with E-state index in [4.69, 9.17) is 5.73 Å². The molecule has 2 heterocycles. The molecule has 2 N–H and O–H groups in total. The van der Waals surface area contributed by atoms with E-state index >= 15 is 0 Å². The Labute approximate surface area is 168 Å². The van der Waals surface area contributed by atoms with Gasteiger partial charge in [-0.1, -0.05) is 0 Å². The normalized spacial score (nSPS) is 16.0. The van der Waals surface area contributed by atoms with Gasteiger partial charge < -0.3 is 10.3 Å². The molecule has 1 saturated heterocycles. The van der Waals surface area contributed by atoms with Gasteiger partial charge in [-0.3, -0.25) is 19.3 Å². The summed E-state index contributed by atoms with van der Waals surface area (Å²) >= 11 is 3.08. The summed E-state index contributed by atoms with van der Waals surface area (Å²) in [7, 11) is 0. The molecule has 1 aliphatic heterocycles. The van der Waals surface area contributed by atoms with Crippen molar-refractivity contribution in [2.24, 2.45) is 5.73 Å². The molecule has 0 unspecified atom stereocenters. The van der Waals surface area contributed by atoms with E-state index in [1.54, 1.807) is 6.08 Å².